The summed E-state index contributed by atoms with van der Waals surface area (Å²) in [7, 11) is 0. The van der Waals surface area contributed by atoms with E-state index in [1.54, 1.807) is 0 Å². The second kappa shape index (κ2) is 6.58. The van der Waals surface area contributed by atoms with Crippen molar-refractivity contribution in [1.29, 1.82) is 5.26 Å². The van der Waals surface area contributed by atoms with E-state index in [0.29, 0.717) is 17.2 Å². The Morgan fingerprint density at radius 2 is 2.24 bits per heavy atom. The summed E-state index contributed by atoms with van der Waals surface area (Å²) >= 11 is 1.44. The molecule has 5 heteroatoms. The molecule has 0 atom stereocenters. The Kier molecular flexibility index (Phi) is 4.12. The molecule has 0 amide bonds. The predicted molar refractivity (Wildman–Crippen MR) is 99.0 cm³/mol. The SMILES string of the molecule is Cc1ccccc1COc1cc(-n2cnc3c2CCC=C3)sc1C#N. The van der Waals surface area contributed by atoms with E-state index in [4.69, 9.17) is 4.74 Å². The number of thiophene rings is 1. The summed E-state index contributed by atoms with van der Waals surface area (Å²) in [6, 6.07) is 12.3. The number of rotatable bonds is 4. The van der Waals surface area contributed by atoms with Crippen LogP contribution in [-0.2, 0) is 13.0 Å². The average molecular weight is 347 g/mol. The van der Waals surface area contributed by atoms with E-state index in [-0.39, 0.29) is 0 Å². The molecular weight excluding hydrogens is 330 g/mol. The number of aromatic nitrogens is 2. The van der Waals surface area contributed by atoms with Gasteiger partial charge in [0.25, 0.3) is 0 Å². The van der Waals surface area contributed by atoms with Crippen LogP contribution < -0.4 is 4.74 Å². The Labute approximate surface area is 150 Å². The van der Waals surface area contributed by atoms with Gasteiger partial charge in [0, 0.05) is 6.07 Å². The highest BCUT2D eigenvalue weighted by molar-refractivity contribution is 7.15. The zero-order chi connectivity index (χ0) is 17.2. The van der Waals surface area contributed by atoms with Gasteiger partial charge in [-0.05, 0) is 37.0 Å². The number of ether oxygens (including phenoxy) is 1. The van der Waals surface area contributed by atoms with E-state index < -0.39 is 0 Å². The molecule has 0 aliphatic heterocycles. The molecule has 1 aliphatic carbocycles. The summed E-state index contributed by atoms with van der Waals surface area (Å²) in [6.07, 6.45) is 8.02. The maximum absolute atomic E-state index is 9.46. The maximum Gasteiger partial charge on any atom is 0.150 e. The lowest BCUT2D eigenvalue weighted by Gasteiger charge is -2.08. The first kappa shape index (κ1) is 15.7. The van der Waals surface area contributed by atoms with Crippen molar-refractivity contribution in [3.05, 3.63) is 70.1 Å². The zero-order valence-corrected chi connectivity index (χ0v) is 14.7. The largest absolute Gasteiger partial charge is 0.487 e. The van der Waals surface area contributed by atoms with Gasteiger partial charge in [-0.25, -0.2) is 4.98 Å². The van der Waals surface area contributed by atoms with Crippen LogP contribution in [0.2, 0.25) is 0 Å². The van der Waals surface area contributed by atoms with Crippen LogP contribution in [0.15, 0.2) is 42.7 Å². The summed E-state index contributed by atoms with van der Waals surface area (Å²) in [5, 5.41) is 10.4. The molecule has 0 fully saturated rings. The quantitative estimate of drug-likeness (QED) is 0.690. The molecule has 2 aromatic heterocycles. The second-order valence-corrected chi connectivity index (χ2v) is 7.02. The molecule has 4 rings (SSSR count). The maximum atomic E-state index is 9.46. The van der Waals surface area contributed by atoms with Crippen LogP contribution in [0.1, 0.15) is 33.8 Å². The fraction of sp³-hybridized carbons (Fsp3) is 0.200. The molecule has 1 aliphatic rings. The van der Waals surface area contributed by atoms with Crippen molar-refractivity contribution in [1.82, 2.24) is 9.55 Å². The summed E-state index contributed by atoms with van der Waals surface area (Å²) in [5.74, 6) is 0.638. The number of hydrogen-bond donors (Lipinski definition) is 0. The number of aryl methyl sites for hydroxylation is 1. The van der Waals surface area contributed by atoms with Gasteiger partial charge in [0.2, 0.25) is 0 Å². The van der Waals surface area contributed by atoms with Gasteiger partial charge < -0.3 is 4.74 Å². The predicted octanol–water partition coefficient (Wildman–Crippen LogP) is 4.65. The number of hydrogen-bond acceptors (Lipinski definition) is 4. The molecule has 0 saturated carbocycles. The molecule has 0 N–H and O–H groups in total. The van der Waals surface area contributed by atoms with E-state index in [1.165, 1.54) is 22.6 Å². The number of allylic oxidation sites excluding steroid dienone is 1. The van der Waals surface area contributed by atoms with E-state index in [0.717, 1.165) is 29.1 Å². The van der Waals surface area contributed by atoms with Gasteiger partial charge in [0.1, 0.15) is 28.9 Å². The first-order valence-corrected chi connectivity index (χ1v) is 9.02. The van der Waals surface area contributed by atoms with Crippen molar-refractivity contribution in [2.75, 3.05) is 0 Å². The summed E-state index contributed by atoms with van der Waals surface area (Å²) in [4.78, 5) is 5.06. The lowest BCUT2D eigenvalue weighted by molar-refractivity contribution is 0.306. The molecule has 1 aromatic carbocycles. The smallest absolute Gasteiger partial charge is 0.150 e. The molecule has 0 saturated heterocycles. The molecule has 0 spiro atoms. The van der Waals surface area contributed by atoms with Gasteiger partial charge in [0.05, 0.1) is 11.4 Å². The van der Waals surface area contributed by atoms with Gasteiger partial charge >= 0.3 is 0 Å². The normalized spacial score (nSPS) is 12.6. The van der Waals surface area contributed by atoms with Crippen molar-refractivity contribution >= 4 is 17.4 Å². The lowest BCUT2D eigenvalue weighted by atomic mass is 10.1. The van der Waals surface area contributed by atoms with E-state index in [9.17, 15) is 5.26 Å². The van der Waals surface area contributed by atoms with Crippen molar-refractivity contribution in [2.24, 2.45) is 0 Å². The topological polar surface area (TPSA) is 50.8 Å². The van der Waals surface area contributed by atoms with Crippen LogP contribution in [0.4, 0.5) is 0 Å². The van der Waals surface area contributed by atoms with Crippen LogP contribution in [0.3, 0.4) is 0 Å². The van der Waals surface area contributed by atoms with Crippen LogP contribution >= 0.6 is 11.3 Å². The highest BCUT2D eigenvalue weighted by Gasteiger charge is 2.17. The van der Waals surface area contributed by atoms with Crippen LogP contribution in [0, 0.1) is 18.3 Å². The van der Waals surface area contributed by atoms with Crippen molar-refractivity contribution < 1.29 is 4.74 Å². The van der Waals surface area contributed by atoms with E-state index in [1.807, 2.05) is 30.6 Å². The lowest BCUT2D eigenvalue weighted by Crippen LogP contribution is -2.00. The van der Waals surface area contributed by atoms with Gasteiger partial charge in [-0.1, -0.05) is 30.3 Å². The average Bonchev–Trinajstić information content (AvgIpc) is 3.24. The molecular formula is C20H17N3OS. The van der Waals surface area contributed by atoms with E-state index >= 15 is 0 Å². The third kappa shape index (κ3) is 2.97. The van der Waals surface area contributed by atoms with Crippen LogP contribution in [-0.4, -0.2) is 9.55 Å². The van der Waals surface area contributed by atoms with E-state index in [2.05, 4.69) is 40.8 Å². The fourth-order valence-electron chi connectivity index (χ4n) is 2.97. The third-order valence-electron chi connectivity index (χ3n) is 4.39. The molecule has 0 bridgehead atoms. The Bertz CT molecular complexity index is 991. The molecule has 124 valence electrons. The zero-order valence-electron chi connectivity index (χ0n) is 13.9. The summed E-state index contributed by atoms with van der Waals surface area (Å²) < 4.78 is 8.03. The van der Waals surface area contributed by atoms with Gasteiger partial charge in [-0.3, -0.25) is 4.57 Å². The van der Waals surface area contributed by atoms with Crippen molar-refractivity contribution in [3.63, 3.8) is 0 Å². The Balaban J connectivity index is 1.62. The minimum atomic E-state index is 0.461. The number of fused-ring (bicyclic) bond motifs is 1. The number of imidazole rings is 1. The van der Waals surface area contributed by atoms with Gasteiger partial charge in [-0.2, -0.15) is 5.26 Å². The highest BCUT2D eigenvalue weighted by Crippen LogP contribution is 2.34. The minimum absolute atomic E-state index is 0.461. The second-order valence-electron chi connectivity index (χ2n) is 5.99. The molecule has 25 heavy (non-hydrogen) atoms. The number of benzene rings is 1. The standard InChI is InChI=1S/C20H17N3OS/c1-14-6-2-3-7-15(14)12-24-18-10-20(25-19(18)11-21)23-13-22-16-8-4-5-9-17(16)23/h2-4,6-8,10,13H,5,9,12H2,1H3. The Morgan fingerprint density at radius 3 is 3.08 bits per heavy atom. The monoisotopic (exact) mass is 347 g/mol. The summed E-state index contributed by atoms with van der Waals surface area (Å²) in [6.45, 7) is 2.52. The first-order valence-electron chi connectivity index (χ1n) is 8.20. The van der Waals surface area contributed by atoms with Crippen LogP contribution in [0.5, 0.6) is 5.75 Å². The Hall–Kier alpha value is -2.84. The molecule has 0 unspecified atom stereocenters. The first-order chi connectivity index (χ1) is 12.3. The molecule has 3 aromatic rings. The Morgan fingerprint density at radius 1 is 1.36 bits per heavy atom. The molecule has 2 heterocycles. The summed E-state index contributed by atoms with van der Waals surface area (Å²) in [5.41, 5.74) is 4.52. The van der Waals surface area contributed by atoms with Crippen molar-refractivity contribution in [2.45, 2.75) is 26.4 Å². The van der Waals surface area contributed by atoms with Crippen LogP contribution in [0.25, 0.3) is 11.1 Å². The third-order valence-corrected chi connectivity index (χ3v) is 5.41. The fourth-order valence-corrected chi connectivity index (χ4v) is 3.87. The minimum Gasteiger partial charge on any atom is -0.487 e. The van der Waals surface area contributed by atoms with Crippen molar-refractivity contribution in [3.8, 4) is 16.8 Å². The number of nitriles is 1. The highest BCUT2D eigenvalue weighted by atomic mass is 32.1. The molecule has 4 nitrogen and oxygen atoms in total. The van der Waals surface area contributed by atoms with Gasteiger partial charge in [0.15, 0.2) is 5.75 Å². The van der Waals surface area contributed by atoms with Gasteiger partial charge in [-0.15, -0.1) is 11.3 Å². The number of nitrogens with zero attached hydrogens (tertiary/aromatic N) is 3. The molecule has 0 radical (unpaired) electrons.